The van der Waals surface area contributed by atoms with Gasteiger partial charge >= 0.3 is 0 Å². The summed E-state index contributed by atoms with van der Waals surface area (Å²) in [5, 5.41) is 7.88. The predicted octanol–water partition coefficient (Wildman–Crippen LogP) is 1.99. The first kappa shape index (κ1) is 7.03. The molecule has 0 radical (unpaired) electrons. The van der Waals surface area contributed by atoms with Crippen LogP contribution >= 0.6 is 0 Å². The van der Waals surface area contributed by atoms with Gasteiger partial charge in [-0.3, -0.25) is 10.1 Å². The first-order valence-corrected chi connectivity index (χ1v) is 3.72. The van der Waals surface area contributed by atoms with Crippen molar-refractivity contribution in [3.05, 3.63) is 30.7 Å². The van der Waals surface area contributed by atoms with Crippen LogP contribution in [0.1, 0.15) is 12.5 Å². The van der Waals surface area contributed by atoms with Crippen molar-refractivity contribution in [2.75, 3.05) is 0 Å². The normalized spacial score (nSPS) is 10.4. The molecule has 0 aliphatic rings. The summed E-state index contributed by atoms with van der Waals surface area (Å²) in [4.78, 5) is 4.07. The van der Waals surface area contributed by atoms with Gasteiger partial charge < -0.3 is 0 Å². The number of pyridine rings is 1. The second-order valence-corrected chi connectivity index (χ2v) is 2.80. The van der Waals surface area contributed by atoms with E-state index in [2.05, 4.69) is 21.8 Å². The molecule has 0 aliphatic carbocycles. The molecule has 3 nitrogen and oxygen atoms in total. The Morgan fingerprint density at radius 2 is 2.25 bits per heavy atom. The molecule has 0 unspecified atom stereocenters. The molecule has 60 valence electrons. The van der Waals surface area contributed by atoms with Crippen molar-refractivity contribution in [1.29, 1.82) is 0 Å². The molecule has 0 saturated heterocycles. The highest BCUT2D eigenvalue weighted by atomic mass is 15.1. The molecule has 0 spiro atoms. The number of allylic oxidation sites excluding steroid dienone is 1. The molecule has 2 aromatic heterocycles. The number of H-pyrrole nitrogens is 1. The molecule has 12 heavy (non-hydrogen) atoms. The van der Waals surface area contributed by atoms with Crippen LogP contribution in [0.4, 0.5) is 0 Å². The largest absolute Gasteiger partial charge is 0.276 e. The molecule has 0 atom stereocenters. The number of rotatable bonds is 1. The second-order valence-electron chi connectivity index (χ2n) is 2.80. The smallest absolute Gasteiger partial charge is 0.0839 e. The molecule has 0 fully saturated rings. The van der Waals surface area contributed by atoms with Gasteiger partial charge in [0, 0.05) is 17.1 Å². The summed E-state index contributed by atoms with van der Waals surface area (Å²) in [6, 6.07) is 0. The summed E-state index contributed by atoms with van der Waals surface area (Å²) in [6.07, 6.45) is 5.36. The zero-order valence-electron chi connectivity index (χ0n) is 6.83. The SMILES string of the molecule is C=C(C)c1cncc2[nH]ncc12. The van der Waals surface area contributed by atoms with Crippen LogP contribution in [0.3, 0.4) is 0 Å². The Kier molecular flexibility index (Phi) is 1.43. The second kappa shape index (κ2) is 2.44. The van der Waals surface area contributed by atoms with Crippen LogP contribution in [0.5, 0.6) is 0 Å². The van der Waals surface area contributed by atoms with E-state index >= 15 is 0 Å². The van der Waals surface area contributed by atoms with Crippen molar-refractivity contribution in [1.82, 2.24) is 15.2 Å². The van der Waals surface area contributed by atoms with Gasteiger partial charge in [0.05, 0.1) is 17.9 Å². The molecule has 0 aromatic carbocycles. The maximum Gasteiger partial charge on any atom is 0.0839 e. The molecule has 0 bridgehead atoms. The van der Waals surface area contributed by atoms with Crippen molar-refractivity contribution in [3.8, 4) is 0 Å². The van der Waals surface area contributed by atoms with Crippen LogP contribution in [-0.4, -0.2) is 15.2 Å². The lowest BCUT2D eigenvalue weighted by Crippen LogP contribution is -1.81. The maximum absolute atomic E-state index is 4.07. The van der Waals surface area contributed by atoms with Gasteiger partial charge in [0.25, 0.3) is 0 Å². The van der Waals surface area contributed by atoms with Crippen LogP contribution in [-0.2, 0) is 0 Å². The zero-order chi connectivity index (χ0) is 8.55. The fourth-order valence-corrected chi connectivity index (χ4v) is 1.21. The minimum Gasteiger partial charge on any atom is -0.276 e. The van der Waals surface area contributed by atoms with Crippen LogP contribution in [0.2, 0.25) is 0 Å². The molecule has 2 rings (SSSR count). The standard InChI is InChI=1S/C9H9N3/c1-6(2)7-3-10-5-9-8(7)4-11-12-9/h3-5H,1H2,2H3,(H,11,12). The van der Waals surface area contributed by atoms with Gasteiger partial charge in [-0.1, -0.05) is 6.58 Å². The van der Waals surface area contributed by atoms with E-state index in [0.29, 0.717) is 0 Å². The van der Waals surface area contributed by atoms with Crippen molar-refractivity contribution < 1.29 is 0 Å². The van der Waals surface area contributed by atoms with E-state index < -0.39 is 0 Å². The minimum atomic E-state index is 0.954. The van der Waals surface area contributed by atoms with E-state index in [0.717, 1.165) is 22.0 Å². The summed E-state index contributed by atoms with van der Waals surface area (Å²) in [7, 11) is 0. The van der Waals surface area contributed by atoms with E-state index in [9.17, 15) is 0 Å². The summed E-state index contributed by atoms with van der Waals surface area (Å²) in [5.41, 5.74) is 3.02. The summed E-state index contributed by atoms with van der Waals surface area (Å²) in [6.45, 7) is 5.84. The van der Waals surface area contributed by atoms with E-state index in [1.54, 1.807) is 18.6 Å². The lowest BCUT2D eigenvalue weighted by Gasteiger charge is -1.98. The number of aromatic nitrogens is 3. The molecule has 3 heteroatoms. The first-order chi connectivity index (χ1) is 5.79. The minimum absolute atomic E-state index is 0.954. The fourth-order valence-electron chi connectivity index (χ4n) is 1.21. The highest BCUT2D eigenvalue weighted by molar-refractivity contribution is 5.89. The Balaban J connectivity index is 2.82. The molecule has 2 heterocycles. The number of nitrogens with one attached hydrogen (secondary N) is 1. The van der Waals surface area contributed by atoms with Gasteiger partial charge in [-0.2, -0.15) is 5.10 Å². The number of nitrogens with zero attached hydrogens (tertiary/aromatic N) is 2. The number of aromatic amines is 1. The third-order valence-corrected chi connectivity index (χ3v) is 1.83. The molecular formula is C9H9N3. The average molecular weight is 159 g/mol. The molecule has 2 aromatic rings. The highest BCUT2D eigenvalue weighted by Gasteiger charge is 2.02. The fraction of sp³-hybridized carbons (Fsp3) is 0.111. The number of fused-ring (bicyclic) bond motifs is 1. The third-order valence-electron chi connectivity index (χ3n) is 1.83. The van der Waals surface area contributed by atoms with Crippen molar-refractivity contribution in [2.45, 2.75) is 6.92 Å². The number of hydrogen-bond donors (Lipinski definition) is 1. The highest BCUT2D eigenvalue weighted by Crippen LogP contribution is 2.20. The van der Waals surface area contributed by atoms with Crippen LogP contribution in [0.25, 0.3) is 16.5 Å². The number of hydrogen-bond acceptors (Lipinski definition) is 2. The van der Waals surface area contributed by atoms with Crippen molar-refractivity contribution in [3.63, 3.8) is 0 Å². The van der Waals surface area contributed by atoms with Crippen LogP contribution < -0.4 is 0 Å². The predicted molar refractivity (Wildman–Crippen MR) is 48.6 cm³/mol. The van der Waals surface area contributed by atoms with E-state index in [1.165, 1.54) is 0 Å². The van der Waals surface area contributed by atoms with Crippen molar-refractivity contribution >= 4 is 16.5 Å². The van der Waals surface area contributed by atoms with Crippen LogP contribution in [0, 0.1) is 0 Å². The van der Waals surface area contributed by atoms with Crippen LogP contribution in [0.15, 0.2) is 25.2 Å². The lowest BCUT2D eigenvalue weighted by molar-refractivity contribution is 1.11. The Labute approximate surface area is 70.1 Å². The van der Waals surface area contributed by atoms with E-state index in [-0.39, 0.29) is 0 Å². The van der Waals surface area contributed by atoms with E-state index in [4.69, 9.17) is 0 Å². The quantitative estimate of drug-likeness (QED) is 0.691. The average Bonchev–Trinajstić information content (AvgIpc) is 2.49. The Bertz CT molecular complexity index is 428. The van der Waals surface area contributed by atoms with Gasteiger partial charge in [0.1, 0.15) is 0 Å². The topological polar surface area (TPSA) is 41.6 Å². The molecule has 1 N–H and O–H groups in total. The Morgan fingerprint density at radius 1 is 1.42 bits per heavy atom. The van der Waals surface area contributed by atoms with Crippen molar-refractivity contribution in [2.24, 2.45) is 0 Å². The molecular weight excluding hydrogens is 150 g/mol. The van der Waals surface area contributed by atoms with Gasteiger partial charge in [0.2, 0.25) is 0 Å². The summed E-state index contributed by atoms with van der Waals surface area (Å²) in [5.74, 6) is 0. The molecule has 0 saturated carbocycles. The van der Waals surface area contributed by atoms with E-state index in [1.807, 2.05) is 6.92 Å². The monoisotopic (exact) mass is 159 g/mol. The Morgan fingerprint density at radius 3 is 3.00 bits per heavy atom. The van der Waals surface area contributed by atoms with Gasteiger partial charge in [0.15, 0.2) is 0 Å². The maximum atomic E-state index is 4.07. The Hall–Kier alpha value is -1.64. The lowest BCUT2D eigenvalue weighted by atomic mass is 10.1. The summed E-state index contributed by atoms with van der Waals surface area (Å²) >= 11 is 0. The van der Waals surface area contributed by atoms with Gasteiger partial charge in [-0.05, 0) is 12.5 Å². The summed E-state index contributed by atoms with van der Waals surface area (Å²) < 4.78 is 0. The molecule has 0 aliphatic heterocycles. The molecule has 0 amide bonds. The zero-order valence-corrected chi connectivity index (χ0v) is 6.83. The third kappa shape index (κ3) is 0.906. The van der Waals surface area contributed by atoms with Gasteiger partial charge in [-0.15, -0.1) is 0 Å². The van der Waals surface area contributed by atoms with Gasteiger partial charge in [-0.25, -0.2) is 0 Å². The first-order valence-electron chi connectivity index (χ1n) is 3.72.